The summed E-state index contributed by atoms with van der Waals surface area (Å²) in [6.45, 7) is 0. The van der Waals surface area contributed by atoms with Gasteiger partial charge in [-0.1, -0.05) is 29.3 Å². The number of para-hydroxylation sites is 1. The molecular weight excluding hydrogens is 322 g/mol. The van der Waals surface area contributed by atoms with Gasteiger partial charge in [-0.2, -0.15) is 0 Å². The second-order valence-electron chi connectivity index (χ2n) is 6.00. The Labute approximate surface area is 143 Å². The van der Waals surface area contributed by atoms with E-state index in [4.69, 9.17) is 9.57 Å². The molecule has 0 unspecified atom stereocenters. The summed E-state index contributed by atoms with van der Waals surface area (Å²) in [7, 11) is 0. The molecule has 1 heterocycles. The minimum absolute atomic E-state index is 0.0910. The summed E-state index contributed by atoms with van der Waals surface area (Å²) in [4.78, 5) is 42.2. The predicted octanol–water partition coefficient (Wildman–Crippen LogP) is 2.99. The van der Waals surface area contributed by atoms with Crippen molar-refractivity contribution in [1.29, 1.82) is 0 Å². The number of hydroxylamine groups is 2. The molecule has 1 aliphatic carbocycles. The maximum absolute atomic E-state index is 12.5. The summed E-state index contributed by atoms with van der Waals surface area (Å²) in [5.41, 5.74) is 0.629. The van der Waals surface area contributed by atoms with Crippen molar-refractivity contribution in [2.75, 3.05) is 0 Å². The number of fused-ring (bicyclic) bond motifs is 1. The van der Waals surface area contributed by atoms with Crippen LogP contribution in [-0.2, 0) is 4.84 Å². The molecule has 0 N–H and O–H groups in total. The predicted molar refractivity (Wildman–Crippen MR) is 87.1 cm³/mol. The first kappa shape index (κ1) is 15.4. The first-order chi connectivity index (χ1) is 12.1. The fourth-order valence-electron chi connectivity index (χ4n) is 2.79. The highest BCUT2D eigenvalue weighted by molar-refractivity contribution is 6.21. The van der Waals surface area contributed by atoms with E-state index >= 15 is 0 Å². The van der Waals surface area contributed by atoms with E-state index in [-0.39, 0.29) is 22.8 Å². The van der Waals surface area contributed by atoms with Crippen LogP contribution in [0.25, 0.3) is 0 Å². The number of carbonyl (C=O) groups excluding carboxylic acids is 3. The lowest BCUT2D eigenvalue weighted by Crippen LogP contribution is -2.33. The number of imide groups is 1. The normalized spacial score (nSPS) is 16.4. The van der Waals surface area contributed by atoms with Gasteiger partial charge in [-0.15, -0.1) is 0 Å². The number of hydrogen-bond acceptors (Lipinski definition) is 5. The van der Waals surface area contributed by atoms with Crippen molar-refractivity contribution >= 4 is 17.8 Å². The molecule has 1 aliphatic heterocycles. The highest BCUT2D eigenvalue weighted by atomic mass is 16.7. The van der Waals surface area contributed by atoms with Crippen LogP contribution in [-0.4, -0.2) is 29.0 Å². The lowest BCUT2D eigenvalue weighted by molar-refractivity contribution is -0.0588. The molecule has 0 saturated heterocycles. The standard InChI is InChI=1S/C19H15NO5/c21-17-13-8-1-2-9-14(13)18(22)20(17)25-19(23)15-10-3-4-11-16(15)24-12-6-5-7-12/h1-4,8-12H,5-7H2. The number of ether oxygens (including phenoxy) is 1. The van der Waals surface area contributed by atoms with Crippen molar-refractivity contribution in [1.82, 2.24) is 5.06 Å². The Balaban J connectivity index is 1.55. The molecule has 126 valence electrons. The van der Waals surface area contributed by atoms with Crippen LogP contribution >= 0.6 is 0 Å². The number of benzene rings is 2. The molecule has 2 aromatic rings. The van der Waals surface area contributed by atoms with Gasteiger partial charge in [0.25, 0.3) is 11.8 Å². The van der Waals surface area contributed by atoms with Gasteiger partial charge in [0.15, 0.2) is 0 Å². The molecule has 0 radical (unpaired) electrons. The summed E-state index contributed by atoms with van der Waals surface area (Å²) in [5.74, 6) is -1.70. The molecule has 0 atom stereocenters. The highest BCUT2D eigenvalue weighted by Gasteiger charge is 2.39. The van der Waals surface area contributed by atoms with Crippen molar-refractivity contribution in [3.8, 4) is 5.75 Å². The fraction of sp³-hybridized carbons (Fsp3) is 0.211. The number of carbonyl (C=O) groups is 3. The van der Waals surface area contributed by atoms with Gasteiger partial charge >= 0.3 is 5.97 Å². The van der Waals surface area contributed by atoms with Gasteiger partial charge in [0.2, 0.25) is 0 Å². The summed E-state index contributed by atoms with van der Waals surface area (Å²) in [5, 5.41) is 0.507. The molecule has 2 amide bonds. The quantitative estimate of drug-likeness (QED) is 0.802. The van der Waals surface area contributed by atoms with E-state index in [1.54, 1.807) is 36.4 Å². The maximum atomic E-state index is 12.5. The molecule has 1 fully saturated rings. The lowest BCUT2D eigenvalue weighted by atomic mass is 9.96. The van der Waals surface area contributed by atoms with Crippen molar-refractivity contribution < 1.29 is 24.0 Å². The highest BCUT2D eigenvalue weighted by Crippen LogP contribution is 2.29. The lowest BCUT2D eigenvalue weighted by Gasteiger charge is -2.27. The van der Waals surface area contributed by atoms with Crippen molar-refractivity contribution in [3.05, 3.63) is 65.2 Å². The van der Waals surface area contributed by atoms with Crippen molar-refractivity contribution in [2.24, 2.45) is 0 Å². The minimum Gasteiger partial charge on any atom is -0.490 e. The SMILES string of the molecule is O=C(ON1C(=O)c2ccccc2C1=O)c1ccccc1OC1CCC1. The molecule has 0 aromatic heterocycles. The Hall–Kier alpha value is -3.15. The zero-order valence-corrected chi connectivity index (χ0v) is 13.3. The van der Waals surface area contributed by atoms with E-state index in [2.05, 4.69) is 0 Å². The van der Waals surface area contributed by atoms with Gasteiger partial charge in [0, 0.05) is 0 Å². The zero-order valence-electron chi connectivity index (χ0n) is 13.3. The number of amides is 2. The van der Waals surface area contributed by atoms with Gasteiger partial charge < -0.3 is 9.57 Å². The van der Waals surface area contributed by atoms with Crippen LogP contribution in [0.5, 0.6) is 5.75 Å². The van der Waals surface area contributed by atoms with Crippen LogP contribution in [0.1, 0.15) is 50.3 Å². The Bertz CT molecular complexity index is 837. The van der Waals surface area contributed by atoms with E-state index < -0.39 is 17.8 Å². The van der Waals surface area contributed by atoms with Crippen LogP contribution in [0.2, 0.25) is 0 Å². The molecule has 1 saturated carbocycles. The number of rotatable bonds is 4. The van der Waals surface area contributed by atoms with Crippen molar-refractivity contribution in [2.45, 2.75) is 25.4 Å². The number of nitrogens with zero attached hydrogens (tertiary/aromatic N) is 1. The summed E-state index contributed by atoms with van der Waals surface area (Å²) in [6.07, 6.45) is 3.09. The molecule has 0 spiro atoms. The smallest absolute Gasteiger partial charge is 0.367 e. The molecule has 6 nitrogen and oxygen atoms in total. The Kier molecular flexibility index (Phi) is 3.72. The molecule has 2 aliphatic rings. The Morgan fingerprint density at radius 2 is 1.52 bits per heavy atom. The molecule has 6 heteroatoms. The topological polar surface area (TPSA) is 72.9 Å². The van der Waals surface area contributed by atoms with Crippen LogP contribution < -0.4 is 4.74 Å². The summed E-state index contributed by atoms with van der Waals surface area (Å²) < 4.78 is 5.79. The summed E-state index contributed by atoms with van der Waals surface area (Å²) >= 11 is 0. The molecular formula is C19H15NO5. The number of hydrogen-bond donors (Lipinski definition) is 0. The van der Waals surface area contributed by atoms with Gasteiger partial charge in [0.1, 0.15) is 11.3 Å². The van der Waals surface area contributed by atoms with E-state index in [1.165, 1.54) is 12.1 Å². The molecule has 0 bridgehead atoms. The monoisotopic (exact) mass is 337 g/mol. The van der Waals surface area contributed by atoms with E-state index in [0.717, 1.165) is 19.3 Å². The third-order valence-electron chi connectivity index (χ3n) is 4.38. The van der Waals surface area contributed by atoms with Crippen LogP contribution in [0.3, 0.4) is 0 Å². The van der Waals surface area contributed by atoms with Crippen LogP contribution in [0, 0.1) is 0 Å². The van der Waals surface area contributed by atoms with Crippen molar-refractivity contribution in [3.63, 3.8) is 0 Å². The third kappa shape index (κ3) is 2.65. The summed E-state index contributed by atoms with van der Waals surface area (Å²) in [6, 6.07) is 13.0. The Morgan fingerprint density at radius 3 is 2.12 bits per heavy atom. The van der Waals surface area contributed by atoms with Gasteiger partial charge in [-0.05, 0) is 43.5 Å². The molecule has 2 aromatic carbocycles. The molecule has 4 rings (SSSR count). The second-order valence-corrected chi connectivity index (χ2v) is 6.00. The van der Waals surface area contributed by atoms with Gasteiger partial charge in [-0.3, -0.25) is 9.59 Å². The molecule has 25 heavy (non-hydrogen) atoms. The second kappa shape index (κ2) is 6.05. The largest absolute Gasteiger partial charge is 0.490 e. The van der Waals surface area contributed by atoms with Gasteiger partial charge in [-0.25, -0.2) is 4.79 Å². The third-order valence-corrected chi connectivity index (χ3v) is 4.38. The minimum atomic E-state index is -0.801. The van der Waals surface area contributed by atoms with Gasteiger partial charge in [0.05, 0.1) is 17.2 Å². The van der Waals surface area contributed by atoms with E-state index in [0.29, 0.717) is 10.8 Å². The Morgan fingerprint density at radius 1 is 0.920 bits per heavy atom. The van der Waals surface area contributed by atoms with Crippen LogP contribution in [0.4, 0.5) is 0 Å². The zero-order chi connectivity index (χ0) is 17.4. The van der Waals surface area contributed by atoms with Crippen LogP contribution in [0.15, 0.2) is 48.5 Å². The first-order valence-corrected chi connectivity index (χ1v) is 8.11. The van der Waals surface area contributed by atoms with E-state index in [1.807, 2.05) is 0 Å². The average molecular weight is 337 g/mol. The van der Waals surface area contributed by atoms with E-state index in [9.17, 15) is 14.4 Å². The first-order valence-electron chi connectivity index (χ1n) is 8.11. The maximum Gasteiger partial charge on any atom is 0.367 e. The fourth-order valence-corrected chi connectivity index (χ4v) is 2.79. The average Bonchev–Trinajstić information content (AvgIpc) is 2.84.